The third kappa shape index (κ3) is 5.40. The standard InChI is InChI=1S/C24H21F2N5O5S/c1-2-8-37(35,36)31-17-7-6-16(25)19(20(17)26)21(32)15-11-28-23-18(15)22(29-12-30-23)27-10-13-4-3-5-14(9-13)24(33)34/h3-7,9,11-12,31H,2,8,10H2,1H3,(H,33,34)(H2,27,28,29,30). The predicted molar refractivity (Wildman–Crippen MR) is 132 cm³/mol. The molecule has 192 valence electrons. The van der Waals surface area contributed by atoms with Crippen molar-refractivity contribution in [2.45, 2.75) is 19.9 Å². The number of aromatic amines is 1. The fourth-order valence-corrected chi connectivity index (χ4v) is 4.87. The molecular weight excluding hydrogens is 508 g/mol. The summed E-state index contributed by atoms with van der Waals surface area (Å²) >= 11 is 0. The highest BCUT2D eigenvalue weighted by atomic mass is 32.2. The fraction of sp³-hybridized carbons (Fsp3) is 0.167. The number of aromatic nitrogens is 3. The van der Waals surface area contributed by atoms with Crippen LogP contribution in [0.15, 0.2) is 48.9 Å². The van der Waals surface area contributed by atoms with Gasteiger partial charge in [0, 0.05) is 12.7 Å². The minimum atomic E-state index is -3.90. The van der Waals surface area contributed by atoms with Crippen molar-refractivity contribution in [1.29, 1.82) is 0 Å². The van der Waals surface area contributed by atoms with Crippen LogP contribution < -0.4 is 10.0 Å². The Bertz CT molecular complexity index is 1620. The van der Waals surface area contributed by atoms with E-state index in [2.05, 4.69) is 20.3 Å². The van der Waals surface area contributed by atoms with Gasteiger partial charge >= 0.3 is 5.97 Å². The van der Waals surface area contributed by atoms with E-state index in [0.717, 1.165) is 12.1 Å². The van der Waals surface area contributed by atoms with E-state index in [-0.39, 0.29) is 46.7 Å². The molecule has 4 aromatic rings. The zero-order chi connectivity index (χ0) is 26.7. The number of hydrogen-bond donors (Lipinski definition) is 4. The topological polar surface area (TPSA) is 154 Å². The Morgan fingerprint density at radius 2 is 1.92 bits per heavy atom. The highest BCUT2D eigenvalue weighted by Crippen LogP contribution is 2.30. The zero-order valence-electron chi connectivity index (χ0n) is 19.4. The molecule has 0 spiro atoms. The SMILES string of the molecule is CCCS(=O)(=O)Nc1ccc(F)c(C(=O)c2c[nH]c3ncnc(NCc4cccc(C(=O)O)c4)c23)c1F. The fourth-order valence-electron chi connectivity index (χ4n) is 3.74. The number of carboxylic acids is 1. The molecule has 0 aliphatic rings. The number of carbonyl (C=O) groups is 2. The van der Waals surface area contributed by atoms with E-state index in [9.17, 15) is 27.5 Å². The highest BCUT2D eigenvalue weighted by molar-refractivity contribution is 7.92. The zero-order valence-corrected chi connectivity index (χ0v) is 20.2. The highest BCUT2D eigenvalue weighted by Gasteiger charge is 2.27. The Morgan fingerprint density at radius 3 is 2.65 bits per heavy atom. The molecule has 13 heteroatoms. The summed E-state index contributed by atoms with van der Waals surface area (Å²) in [6.45, 7) is 1.76. The summed E-state index contributed by atoms with van der Waals surface area (Å²) in [6.07, 6.45) is 2.72. The lowest BCUT2D eigenvalue weighted by molar-refractivity contribution is 0.0696. The first kappa shape index (κ1) is 25.7. The number of nitrogens with one attached hydrogen (secondary N) is 3. The molecule has 2 aromatic carbocycles. The Morgan fingerprint density at radius 1 is 1.14 bits per heavy atom. The van der Waals surface area contributed by atoms with Crippen molar-refractivity contribution < 1.29 is 31.9 Å². The van der Waals surface area contributed by atoms with E-state index >= 15 is 4.39 Å². The van der Waals surface area contributed by atoms with Gasteiger partial charge < -0.3 is 15.4 Å². The van der Waals surface area contributed by atoms with Gasteiger partial charge in [-0.05, 0) is 36.2 Å². The van der Waals surface area contributed by atoms with Crippen LogP contribution in [0.25, 0.3) is 11.0 Å². The van der Waals surface area contributed by atoms with Crippen LogP contribution >= 0.6 is 0 Å². The van der Waals surface area contributed by atoms with Gasteiger partial charge in [0.05, 0.1) is 33.5 Å². The number of anilines is 2. The average molecular weight is 530 g/mol. The number of sulfonamides is 1. The average Bonchev–Trinajstić information content (AvgIpc) is 3.29. The molecule has 2 heterocycles. The number of aromatic carboxylic acids is 1. The van der Waals surface area contributed by atoms with Gasteiger partial charge in [0.15, 0.2) is 5.82 Å². The molecule has 0 radical (unpaired) electrons. The van der Waals surface area contributed by atoms with E-state index in [1.54, 1.807) is 19.1 Å². The van der Waals surface area contributed by atoms with Crippen molar-refractivity contribution in [3.8, 4) is 0 Å². The van der Waals surface area contributed by atoms with Crippen molar-refractivity contribution in [3.05, 3.63) is 82.8 Å². The Kier molecular flexibility index (Phi) is 7.16. The molecule has 0 saturated heterocycles. The second kappa shape index (κ2) is 10.3. The maximum atomic E-state index is 15.2. The number of halogens is 2. The molecule has 0 aliphatic heterocycles. The Balaban J connectivity index is 1.71. The van der Waals surface area contributed by atoms with Gasteiger partial charge in [-0.25, -0.2) is 32.0 Å². The summed E-state index contributed by atoms with van der Waals surface area (Å²) < 4.78 is 56.1. The van der Waals surface area contributed by atoms with Crippen LogP contribution in [0.1, 0.15) is 45.2 Å². The van der Waals surface area contributed by atoms with Crippen molar-refractivity contribution in [2.24, 2.45) is 0 Å². The monoisotopic (exact) mass is 529 g/mol. The smallest absolute Gasteiger partial charge is 0.335 e. The van der Waals surface area contributed by atoms with Gasteiger partial charge in [-0.1, -0.05) is 19.1 Å². The van der Waals surface area contributed by atoms with Crippen molar-refractivity contribution >= 4 is 44.3 Å². The van der Waals surface area contributed by atoms with Crippen LogP contribution in [-0.4, -0.2) is 46.0 Å². The van der Waals surface area contributed by atoms with Gasteiger partial charge in [0.25, 0.3) is 0 Å². The third-order valence-corrected chi connectivity index (χ3v) is 6.88. The number of H-pyrrole nitrogens is 1. The number of nitrogens with zero attached hydrogens (tertiary/aromatic N) is 2. The summed E-state index contributed by atoms with van der Waals surface area (Å²) in [5.74, 6) is -4.78. The van der Waals surface area contributed by atoms with Gasteiger partial charge in [0.2, 0.25) is 15.8 Å². The lowest BCUT2D eigenvalue weighted by atomic mass is 10.0. The second-order valence-corrected chi connectivity index (χ2v) is 9.88. The van der Waals surface area contributed by atoms with E-state index < -0.39 is 44.7 Å². The van der Waals surface area contributed by atoms with E-state index in [0.29, 0.717) is 5.56 Å². The Hall–Kier alpha value is -4.39. The van der Waals surface area contributed by atoms with Gasteiger partial charge in [-0.3, -0.25) is 9.52 Å². The summed E-state index contributed by atoms with van der Waals surface area (Å²) in [7, 11) is -3.90. The van der Waals surface area contributed by atoms with Crippen molar-refractivity contribution in [2.75, 3.05) is 15.8 Å². The van der Waals surface area contributed by atoms with Crippen LogP contribution in [0.3, 0.4) is 0 Å². The minimum absolute atomic E-state index is 0.0880. The predicted octanol–water partition coefficient (Wildman–Crippen LogP) is 3.93. The second-order valence-electron chi connectivity index (χ2n) is 8.04. The lowest BCUT2D eigenvalue weighted by Crippen LogP contribution is -2.18. The first-order valence-corrected chi connectivity index (χ1v) is 12.7. The molecule has 0 fully saturated rings. The van der Waals surface area contributed by atoms with Crippen LogP contribution in [0.4, 0.5) is 20.3 Å². The number of carboxylic acid groups (broad SMARTS) is 1. The van der Waals surface area contributed by atoms with E-state index in [1.807, 2.05) is 4.72 Å². The molecule has 10 nitrogen and oxygen atoms in total. The molecule has 0 atom stereocenters. The number of benzene rings is 2. The van der Waals surface area contributed by atoms with Gasteiger partial charge in [0.1, 0.15) is 23.6 Å². The molecule has 0 unspecified atom stereocenters. The van der Waals surface area contributed by atoms with Crippen LogP contribution in [-0.2, 0) is 16.6 Å². The van der Waals surface area contributed by atoms with Crippen LogP contribution in [0.2, 0.25) is 0 Å². The molecular formula is C24H21F2N5O5S. The van der Waals surface area contributed by atoms with Gasteiger partial charge in [-0.15, -0.1) is 0 Å². The molecule has 0 bridgehead atoms. The molecule has 37 heavy (non-hydrogen) atoms. The maximum absolute atomic E-state index is 15.2. The third-order valence-electron chi connectivity index (χ3n) is 5.40. The number of hydrogen-bond acceptors (Lipinski definition) is 7. The number of ketones is 1. The van der Waals surface area contributed by atoms with E-state index in [1.165, 1.54) is 24.7 Å². The minimum Gasteiger partial charge on any atom is -0.478 e. The summed E-state index contributed by atoms with van der Waals surface area (Å²) in [6, 6.07) is 7.89. The summed E-state index contributed by atoms with van der Waals surface area (Å²) in [5, 5.41) is 12.3. The summed E-state index contributed by atoms with van der Waals surface area (Å²) in [5.41, 5.74) is -0.735. The number of rotatable bonds is 10. The molecule has 0 saturated carbocycles. The van der Waals surface area contributed by atoms with E-state index in [4.69, 9.17) is 0 Å². The Labute approximate surface area is 209 Å². The maximum Gasteiger partial charge on any atom is 0.335 e. The van der Waals surface area contributed by atoms with Gasteiger partial charge in [-0.2, -0.15) is 0 Å². The number of fused-ring (bicyclic) bond motifs is 1. The van der Waals surface area contributed by atoms with Crippen molar-refractivity contribution in [3.63, 3.8) is 0 Å². The largest absolute Gasteiger partial charge is 0.478 e. The molecule has 4 N–H and O–H groups in total. The normalized spacial score (nSPS) is 11.4. The van der Waals surface area contributed by atoms with Crippen molar-refractivity contribution in [1.82, 2.24) is 15.0 Å². The van der Waals surface area contributed by atoms with Crippen LogP contribution in [0, 0.1) is 11.6 Å². The molecule has 2 aromatic heterocycles. The first-order valence-electron chi connectivity index (χ1n) is 11.0. The molecule has 4 rings (SSSR count). The van der Waals surface area contributed by atoms with Crippen LogP contribution in [0.5, 0.6) is 0 Å². The first-order chi connectivity index (χ1) is 17.6. The molecule has 0 aliphatic carbocycles. The molecule has 0 amide bonds. The lowest BCUT2D eigenvalue weighted by Gasteiger charge is -2.12. The summed E-state index contributed by atoms with van der Waals surface area (Å²) in [4.78, 5) is 35.5. The quantitative estimate of drug-likeness (QED) is 0.225. The number of carbonyl (C=O) groups excluding carboxylic acids is 1.